The Morgan fingerprint density at radius 1 is 1.44 bits per heavy atom. The summed E-state index contributed by atoms with van der Waals surface area (Å²) in [7, 11) is 0. The number of nitrogens with two attached hydrogens (primary N) is 1. The number of hydrogen-bond acceptors (Lipinski definition) is 6. The number of nitrogens with zero attached hydrogens (tertiary/aromatic N) is 2. The summed E-state index contributed by atoms with van der Waals surface area (Å²) in [5.74, 6) is -0.154. The highest BCUT2D eigenvalue weighted by Crippen LogP contribution is 2.36. The molecule has 1 amide bonds. The highest BCUT2D eigenvalue weighted by atomic mass is 32.2. The average molecular weight is 278 g/mol. The number of hydrogen-bond donors (Lipinski definition) is 2. The SMILES string of the molecule is Cc1nnc(Sc2ccc3c(c2)NC(=O)C3N)s1. The van der Waals surface area contributed by atoms with Gasteiger partial charge in [0.1, 0.15) is 11.0 Å². The molecule has 0 fully saturated rings. The van der Waals surface area contributed by atoms with E-state index < -0.39 is 6.04 Å². The van der Waals surface area contributed by atoms with Gasteiger partial charge in [-0.25, -0.2) is 0 Å². The van der Waals surface area contributed by atoms with Gasteiger partial charge < -0.3 is 11.1 Å². The van der Waals surface area contributed by atoms with Gasteiger partial charge in [-0.2, -0.15) is 0 Å². The first-order valence-electron chi connectivity index (χ1n) is 5.32. The number of aryl methyl sites for hydroxylation is 1. The third-order valence-electron chi connectivity index (χ3n) is 2.61. The van der Waals surface area contributed by atoms with E-state index in [-0.39, 0.29) is 5.91 Å². The Balaban J connectivity index is 1.88. The summed E-state index contributed by atoms with van der Waals surface area (Å²) in [5, 5.41) is 11.7. The average Bonchev–Trinajstić information content (AvgIpc) is 2.85. The quantitative estimate of drug-likeness (QED) is 0.877. The zero-order chi connectivity index (χ0) is 12.7. The van der Waals surface area contributed by atoms with Crippen molar-refractivity contribution in [3.05, 3.63) is 28.8 Å². The number of amides is 1. The van der Waals surface area contributed by atoms with Gasteiger partial charge in [-0.15, -0.1) is 10.2 Å². The summed E-state index contributed by atoms with van der Waals surface area (Å²) in [5.41, 5.74) is 7.39. The topological polar surface area (TPSA) is 80.9 Å². The molecule has 5 nitrogen and oxygen atoms in total. The second-order valence-electron chi connectivity index (χ2n) is 3.91. The molecule has 0 radical (unpaired) electrons. The van der Waals surface area contributed by atoms with Crippen molar-refractivity contribution in [3.63, 3.8) is 0 Å². The third kappa shape index (κ3) is 2.00. The highest BCUT2D eigenvalue weighted by Gasteiger charge is 2.27. The third-order valence-corrected chi connectivity index (χ3v) is 4.49. The summed E-state index contributed by atoms with van der Waals surface area (Å²) >= 11 is 3.08. The minimum absolute atomic E-state index is 0.154. The van der Waals surface area contributed by atoms with Gasteiger partial charge in [-0.05, 0) is 19.1 Å². The highest BCUT2D eigenvalue weighted by molar-refractivity contribution is 8.01. The first-order valence-corrected chi connectivity index (χ1v) is 6.95. The van der Waals surface area contributed by atoms with E-state index in [4.69, 9.17) is 5.73 Å². The number of nitrogens with one attached hydrogen (secondary N) is 1. The monoisotopic (exact) mass is 278 g/mol. The van der Waals surface area contributed by atoms with E-state index in [0.717, 1.165) is 25.5 Å². The molecule has 0 spiro atoms. The number of carbonyl (C=O) groups excluding carboxylic acids is 1. The van der Waals surface area contributed by atoms with Crippen LogP contribution in [0, 0.1) is 6.92 Å². The number of aromatic nitrogens is 2. The molecule has 3 rings (SSSR count). The second-order valence-corrected chi connectivity index (χ2v) is 6.41. The van der Waals surface area contributed by atoms with Crippen LogP contribution in [0.4, 0.5) is 5.69 Å². The number of rotatable bonds is 2. The van der Waals surface area contributed by atoms with Crippen LogP contribution in [-0.2, 0) is 4.79 Å². The lowest BCUT2D eigenvalue weighted by atomic mass is 10.1. The maximum Gasteiger partial charge on any atom is 0.245 e. The van der Waals surface area contributed by atoms with Crippen LogP contribution in [0.25, 0.3) is 0 Å². The largest absolute Gasteiger partial charge is 0.324 e. The molecule has 1 aromatic heterocycles. The van der Waals surface area contributed by atoms with Crippen LogP contribution in [0.15, 0.2) is 27.4 Å². The van der Waals surface area contributed by atoms with E-state index >= 15 is 0 Å². The molecule has 1 aliphatic rings. The molecule has 0 saturated heterocycles. The molecule has 92 valence electrons. The molecule has 1 atom stereocenters. The van der Waals surface area contributed by atoms with Crippen LogP contribution >= 0.6 is 23.1 Å². The van der Waals surface area contributed by atoms with E-state index in [1.165, 1.54) is 11.8 Å². The van der Waals surface area contributed by atoms with Crippen LogP contribution < -0.4 is 11.1 Å². The van der Waals surface area contributed by atoms with Crippen molar-refractivity contribution >= 4 is 34.7 Å². The minimum atomic E-state index is -0.553. The van der Waals surface area contributed by atoms with E-state index in [1.54, 1.807) is 11.3 Å². The van der Waals surface area contributed by atoms with Crippen LogP contribution in [0.1, 0.15) is 16.6 Å². The molecule has 1 aromatic carbocycles. The van der Waals surface area contributed by atoms with Crippen molar-refractivity contribution in [1.82, 2.24) is 10.2 Å². The Kier molecular flexibility index (Phi) is 2.81. The lowest BCUT2D eigenvalue weighted by Gasteiger charge is -2.03. The summed E-state index contributed by atoms with van der Waals surface area (Å²) in [6.45, 7) is 1.92. The number of carbonyl (C=O) groups is 1. The molecule has 0 aliphatic carbocycles. The minimum Gasteiger partial charge on any atom is -0.324 e. The standard InChI is InChI=1S/C11H10N4OS2/c1-5-14-15-11(17-5)18-6-2-3-7-8(4-6)13-10(16)9(7)12/h2-4,9H,12H2,1H3,(H,13,16). The molecule has 1 aliphatic heterocycles. The number of anilines is 1. The van der Waals surface area contributed by atoms with Crippen LogP contribution in [-0.4, -0.2) is 16.1 Å². The van der Waals surface area contributed by atoms with Gasteiger partial charge in [0.25, 0.3) is 0 Å². The van der Waals surface area contributed by atoms with Gasteiger partial charge in [0.2, 0.25) is 5.91 Å². The van der Waals surface area contributed by atoms with Crippen LogP contribution in [0.5, 0.6) is 0 Å². The van der Waals surface area contributed by atoms with Gasteiger partial charge >= 0.3 is 0 Å². The Labute approximate surface area is 112 Å². The lowest BCUT2D eigenvalue weighted by Crippen LogP contribution is -2.19. The molecule has 2 heterocycles. The van der Waals surface area contributed by atoms with Crippen molar-refractivity contribution in [1.29, 1.82) is 0 Å². The van der Waals surface area contributed by atoms with Gasteiger partial charge in [-0.1, -0.05) is 29.2 Å². The Morgan fingerprint density at radius 2 is 2.28 bits per heavy atom. The first kappa shape index (κ1) is 11.6. The number of benzene rings is 1. The van der Waals surface area contributed by atoms with Gasteiger partial charge in [0.05, 0.1) is 0 Å². The Bertz CT molecular complexity index is 625. The fourth-order valence-corrected chi connectivity index (χ4v) is 3.58. The molecule has 0 bridgehead atoms. The summed E-state index contributed by atoms with van der Waals surface area (Å²) < 4.78 is 0.890. The van der Waals surface area contributed by atoms with Crippen molar-refractivity contribution in [3.8, 4) is 0 Å². The van der Waals surface area contributed by atoms with Crippen LogP contribution in [0.3, 0.4) is 0 Å². The number of fused-ring (bicyclic) bond motifs is 1. The first-order chi connectivity index (χ1) is 8.63. The van der Waals surface area contributed by atoms with Crippen molar-refractivity contribution in [2.75, 3.05) is 5.32 Å². The van der Waals surface area contributed by atoms with Crippen molar-refractivity contribution < 1.29 is 4.79 Å². The predicted octanol–water partition coefficient (Wildman–Crippen LogP) is 1.95. The molecule has 0 saturated carbocycles. The summed E-state index contributed by atoms with van der Waals surface area (Å²) in [4.78, 5) is 12.5. The van der Waals surface area contributed by atoms with E-state index in [0.29, 0.717) is 0 Å². The normalized spacial score (nSPS) is 17.7. The summed E-state index contributed by atoms with van der Waals surface area (Å²) in [6.07, 6.45) is 0. The molecule has 2 aromatic rings. The Hall–Kier alpha value is -1.44. The fraction of sp³-hybridized carbons (Fsp3) is 0.182. The predicted molar refractivity (Wildman–Crippen MR) is 70.8 cm³/mol. The van der Waals surface area contributed by atoms with Crippen molar-refractivity contribution in [2.45, 2.75) is 22.2 Å². The molecule has 3 N–H and O–H groups in total. The van der Waals surface area contributed by atoms with Crippen molar-refractivity contribution in [2.24, 2.45) is 5.73 Å². The zero-order valence-electron chi connectivity index (χ0n) is 9.51. The Morgan fingerprint density at radius 3 is 3.00 bits per heavy atom. The molecule has 7 heteroatoms. The van der Waals surface area contributed by atoms with E-state index in [2.05, 4.69) is 15.5 Å². The second kappa shape index (κ2) is 4.34. The summed E-state index contributed by atoms with van der Waals surface area (Å²) in [6, 6.07) is 5.19. The molecular weight excluding hydrogens is 268 g/mol. The van der Waals surface area contributed by atoms with Crippen LogP contribution in [0.2, 0.25) is 0 Å². The lowest BCUT2D eigenvalue weighted by molar-refractivity contribution is -0.116. The van der Waals surface area contributed by atoms with E-state index in [1.807, 2.05) is 25.1 Å². The molecule has 1 unspecified atom stereocenters. The van der Waals surface area contributed by atoms with Gasteiger partial charge in [0.15, 0.2) is 4.34 Å². The smallest absolute Gasteiger partial charge is 0.245 e. The maximum absolute atomic E-state index is 11.4. The van der Waals surface area contributed by atoms with Gasteiger partial charge in [-0.3, -0.25) is 4.79 Å². The molecular formula is C11H10N4OS2. The fourth-order valence-electron chi connectivity index (χ4n) is 1.75. The van der Waals surface area contributed by atoms with E-state index in [9.17, 15) is 4.79 Å². The maximum atomic E-state index is 11.4. The zero-order valence-corrected chi connectivity index (χ0v) is 11.1. The van der Waals surface area contributed by atoms with Gasteiger partial charge in [0, 0.05) is 16.1 Å². The molecule has 18 heavy (non-hydrogen) atoms.